The van der Waals surface area contributed by atoms with E-state index in [0.29, 0.717) is 11.2 Å². The van der Waals surface area contributed by atoms with Gasteiger partial charge in [0.25, 0.3) is 0 Å². The lowest BCUT2D eigenvalue weighted by atomic mass is 9.52. The van der Waals surface area contributed by atoms with Crippen LogP contribution in [0.2, 0.25) is 0 Å². The maximum absolute atomic E-state index is 10.1. The van der Waals surface area contributed by atoms with Crippen molar-refractivity contribution in [3.05, 3.63) is 28.8 Å². The first-order chi connectivity index (χ1) is 13.3. The summed E-state index contributed by atoms with van der Waals surface area (Å²) >= 11 is 0. The van der Waals surface area contributed by atoms with Gasteiger partial charge in [-0.2, -0.15) is 0 Å². The van der Waals surface area contributed by atoms with Crippen molar-refractivity contribution in [3.63, 3.8) is 0 Å². The molecule has 1 aromatic rings. The van der Waals surface area contributed by atoms with E-state index in [4.69, 9.17) is 0 Å². The van der Waals surface area contributed by atoms with Crippen LogP contribution < -0.4 is 0 Å². The second-order valence-corrected chi connectivity index (χ2v) is 11.3. The lowest BCUT2D eigenvalue weighted by Crippen LogP contribution is -2.43. The first-order valence-corrected chi connectivity index (χ1v) is 12.1. The van der Waals surface area contributed by atoms with Crippen LogP contribution in [0.4, 0.5) is 0 Å². The molecule has 1 N–H and O–H groups in total. The molecular formula is C27H42O. The SMILES string of the molecule is Cc1cc(O)cc2c1C1CCC3(C)C(C(C)CCCC(C)C)CCC3C1CC2. The Morgan fingerprint density at radius 2 is 1.86 bits per heavy atom. The number of phenols is 1. The molecule has 3 aliphatic carbocycles. The second kappa shape index (κ2) is 7.69. The molecule has 0 amide bonds. The number of phenolic OH excluding ortho intramolecular Hbond substituents is 1. The fourth-order valence-corrected chi connectivity index (χ4v) is 7.98. The van der Waals surface area contributed by atoms with Gasteiger partial charge in [0.1, 0.15) is 5.75 Å². The molecule has 2 fully saturated rings. The normalized spacial score (nSPS) is 35.4. The second-order valence-electron chi connectivity index (χ2n) is 11.3. The third kappa shape index (κ3) is 3.41. The molecule has 6 unspecified atom stereocenters. The number of aryl methyl sites for hydroxylation is 2. The maximum Gasteiger partial charge on any atom is 0.116 e. The van der Waals surface area contributed by atoms with Gasteiger partial charge in [-0.1, -0.05) is 47.0 Å². The molecule has 0 radical (unpaired) electrons. The van der Waals surface area contributed by atoms with E-state index >= 15 is 0 Å². The lowest BCUT2D eigenvalue weighted by molar-refractivity contribution is 0.00953. The molecule has 28 heavy (non-hydrogen) atoms. The van der Waals surface area contributed by atoms with Crippen molar-refractivity contribution in [1.29, 1.82) is 0 Å². The Balaban J connectivity index is 1.52. The molecule has 6 atom stereocenters. The zero-order valence-electron chi connectivity index (χ0n) is 18.9. The molecule has 4 rings (SSSR count). The Labute approximate surface area is 173 Å². The predicted molar refractivity (Wildman–Crippen MR) is 119 cm³/mol. The average Bonchev–Trinajstić information content (AvgIpc) is 2.98. The molecule has 1 aromatic carbocycles. The number of hydrogen-bond acceptors (Lipinski definition) is 1. The van der Waals surface area contributed by atoms with E-state index in [1.807, 2.05) is 6.07 Å². The highest BCUT2D eigenvalue weighted by atomic mass is 16.3. The van der Waals surface area contributed by atoms with Gasteiger partial charge < -0.3 is 5.11 Å². The van der Waals surface area contributed by atoms with E-state index in [2.05, 4.69) is 40.7 Å². The van der Waals surface area contributed by atoms with E-state index < -0.39 is 0 Å². The molecular weight excluding hydrogens is 340 g/mol. The van der Waals surface area contributed by atoms with Gasteiger partial charge in [0.15, 0.2) is 0 Å². The van der Waals surface area contributed by atoms with Gasteiger partial charge in [-0.15, -0.1) is 0 Å². The van der Waals surface area contributed by atoms with Gasteiger partial charge in [0.05, 0.1) is 0 Å². The summed E-state index contributed by atoms with van der Waals surface area (Å²) in [6, 6.07) is 4.06. The molecule has 2 saturated carbocycles. The minimum absolute atomic E-state index is 0.464. The van der Waals surface area contributed by atoms with E-state index in [9.17, 15) is 5.11 Å². The van der Waals surface area contributed by atoms with Crippen LogP contribution in [0.15, 0.2) is 12.1 Å². The van der Waals surface area contributed by atoms with Gasteiger partial charge in [-0.3, -0.25) is 0 Å². The van der Waals surface area contributed by atoms with Crippen LogP contribution in [0, 0.1) is 41.9 Å². The number of fused-ring (bicyclic) bond motifs is 5. The van der Waals surface area contributed by atoms with Gasteiger partial charge in [0.2, 0.25) is 0 Å². The highest BCUT2D eigenvalue weighted by Gasteiger charge is 2.55. The van der Waals surface area contributed by atoms with Crippen LogP contribution >= 0.6 is 0 Å². The molecule has 0 aromatic heterocycles. The van der Waals surface area contributed by atoms with Crippen molar-refractivity contribution >= 4 is 0 Å². The van der Waals surface area contributed by atoms with Crippen LogP contribution in [0.25, 0.3) is 0 Å². The van der Waals surface area contributed by atoms with Crippen molar-refractivity contribution in [2.75, 3.05) is 0 Å². The van der Waals surface area contributed by atoms with Crippen LogP contribution in [0.1, 0.15) is 102 Å². The zero-order valence-corrected chi connectivity index (χ0v) is 18.9. The molecule has 0 saturated heterocycles. The summed E-state index contributed by atoms with van der Waals surface area (Å²) in [6.07, 6.45) is 12.5. The fourth-order valence-electron chi connectivity index (χ4n) is 7.98. The van der Waals surface area contributed by atoms with Gasteiger partial charge in [-0.05, 0) is 115 Å². The first-order valence-electron chi connectivity index (χ1n) is 12.1. The predicted octanol–water partition coefficient (Wildman–Crippen LogP) is 7.64. The summed E-state index contributed by atoms with van der Waals surface area (Å²) in [5.41, 5.74) is 4.97. The molecule has 0 spiro atoms. The molecule has 0 bridgehead atoms. The Hall–Kier alpha value is -0.980. The Morgan fingerprint density at radius 1 is 1.07 bits per heavy atom. The van der Waals surface area contributed by atoms with Gasteiger partial charge in [0, 0.05) is 0 Å². The van der Waals surface area contributed by atoms with Crippen molar-refractivity contribution in [2.24, 2.45) is 35.0 Å². The third-order valence-electron chi connectivity index (χ3n) is 9.21. The average molecular weight is 383 g/mol. The smallest absolute Gasteiger partial charge is 0.116 e. The molecule has 3 aliphatic rings. The van der Waals surface area contributed by atoms with Crippen LogP contribution in [0.5, 0.6) is 5.75 Å². The van der Waals surface area contributed by atoms with E-state index in [-0.39, 0.29) is 0 Å². The lowest BCUT2D eigenvalue weighted by Gasteiger charge is -2.52. The summed E-state index contributed by atoms with van der Waals surface area (Å²) in [7, 11) is 0. The van der Waals surface area contributed by atoms with Crippen LogP contribution in [0.3, 0.4) is 0 Å². The Bertz CT molecular complexity index is 704. The van der Waals surface area contributed by atoms with E-state index in [1.165, 1.54) is 68.9 Å². The molecule has 0 aliphatic heterocycles. The topological polar surface area (TPSA) is 20.2 Å². The third-order valence-corrected chi connectivity index (χ3v) is 9.21. The van der Waals surface area contributed by atoms with Crippen molar-refractivity contribution in [2.45, 2.75) is 98.3 Å². The van der Waals surface area contributed by atoms with Crippen LogP contribution in [-0.2, 0) is 6.42 Å². The molecule has 1 heteroatoms. The number of rotatable bonds is 5. The minimum Gasteiger partial charge on any atom is -0.508 e. The minimum atomic E-state index is 0.464. The van der Waals surface area contributed by atoms with Gasteiger partial charge in [-0.25, -0.2) is 0 Å². The van der Waals surface area contributed by atoms with Crippen molar-refractivity contribution in [1.82, 2.24) is 0 Å². The Kier molecular flexibility index (Phi) is 5.58. The number of aromatic hydroxyl groups is 1. The summed E-state index contributed by atoms with van der Waals surface area (Å²) in [4.78, 5) is 0. The monoisotopic (exact) mass is 382 g/mol. The van der Waals surface area contributed by atoms with Crippen molar-refractivity contribution < 1.29 is 5.11 Å². The maximum atomic E-state index is 10.1. The highest BCUT2D eigenvalue weighted by molar-refractivity contribution is 5.45. The van der Waals surface area contributed by atoms with E-state index in [0.717, 1.165) is 35.5 Å². The van der Waals surface area contributed by atoms with Crippen LogP contribution in [-0.4, -0.2) is 5.11 Å². The zero-order chi connectivity index (χ0) is 20.1. The standard InChI is InChI=1S/C27H42O/c1-17(2)7-6-8-18(3)24-11-12-25-22-10-9-20-16-21(28)15-19(4)26(20)23(22)13-14-27(24,25)5/h15-18,22-25,28H,6-14H2,1-5H3. The highest BCUT2D eigenvalue weighted by Crippen LogP contribution is 2.64. The number of hydrogen-bond donors (Lipinski definition) is 1. The van der Waals surface area contributed by atoms with Crippen molar-refractivity contribution in [3.8, 4) is 5.75 Å². The summed E-state index contributed by atoms with van der Waals surface area (Å²) < 4.78 is 0. The van der Waals surface area contributed by atoms with Gasteiger partial charge >= 0.3 is 0 Å². The fraction of sp³-hybridized carbons (Fsp3) is 0.778. The first kappa shape index (κ1) is 20.3. The quantitative estimate of drug-likeness (QED) is 0.555. The summed E-state index contributed by atoms with van der Waals surface area (Å²) in [5, 5.41) is 10.1. The Morgan fingerprint density at radius 3 is 2.61 bits per heavy atom. The molecule has 156 valence electrons. The number of benzene rings is 1. The summed E-state index contributed by atoms with van der Waals surface area (Å²) in [5.74, 6) is 5.68. The largest absolute Gasteiger partial charge is 0.508 e. The summed E-state index contributed by atoms with van der Waals surface area (Å²) in [6.45, 7) is 12.2. The molecule has 1 nitrogen and oxygen atoms in total. The molecule has 0 heterocycles. The van der Waals surface area contributed by atoms with E-state index in [1.54, 1.807) is 5.56 Å².